The maximum Gasteiger partial charge on any atom is 0.239 e. The van der Waals surface area contributed by atoms with Gasteiger partial charge < -0.3 is 30.2 Å². The summed E-state index contributed by atoms with van der Waals surface area (Å²) in [7, 11) is 1.77. The Morgan fingerprint density at radius 3 is 2.97 bits per heavy atom. The summed E-state index contributed by atoms with van der Waals surface area (Å²) in [6.07, 6.45) is 3.48. The molecule has 2 atom stereocenters. The highest BCUT2D eigenvalue weighted by Crippen LogP contribution is 2.32. The number of aromatic hydroxyl groups is 1. The molecule has 4 heterocycles. The SMILES string of the molecule is CN1CCCNc2ncnc3[nH]c(O)c(c23)C=Nc2ccc(Cl)c(c2)OCCN2C[C@H](O)C[C@@H]2C1=O. The number of aromatic nitrogens is 3. The number of ether oxygens (including phenoxy) is 1. The smallest absolute Gasteiger partial charge is 0.239 e. The number of halogens is 1. The van der Waals surface area contributed by atoms with Crippen molar-refractivity contribution >= 4 is 46.3 Å². The van der Waals surface area contributed by atoms with E-state index >= 15 is 0 Å². The van der Waals surface area contributed by atoms with Crippen LogP contribution < -0.4 is 10.1 Å². The summed E-state index contributed by atoms with van der Waals surface area (Å²) in [5.41, 5.74) is 1.51. The van der Waals surface area contributed by atoms with Gasteiger partial charge in [0, 0.05) is 45.5 Å². The third kappa shape index (κ3) is 4.95. The van der Waals surface area contributed by atoms with Gasteiger partial charge in [-0.05, 0) is 25.0 Å². The predicted octanol–water partition coefficient (Wildman–Crippen LogP) is 2.16. The molecule has 0 radical (unpaired) electrons. The van der Waals surface area contributed by atoms with E-state index in [0.29, 0.717) is 84.5 Å². The highest BCUT2D eigenvalue weighted by atomic mass is 35.5. The largest absolute Gasteiger partial charge is 0.494 e. The second-order valence-electron chi connectivity index (χ2n) is 8.99. The van der Waals surface area contributed by atoms with E-state index in [1.165, 1.54) is 6.33 Å². The number of aliphatic imine (C=N–C) groups is 1. The van der Waals surface area contributed by atoms with E-state index in [1.807, 2.05) is 4.90 Å². The van der Waals surface area contributed by atoms with Gasteiger partial charge in [0.15, 0.2) is 5.88 Å². The van der Waals surface area contributed by atoms with Gasteiger partial charge in [-0.25, -0.2) is 9.97 Å². The number of aliphatic hydroxyl groups excluding tert-OH is 1. The van der Waals surface area contributed by atoms with Crippen LogP contribution >= 0.6 is 11.6 Å². The molecule has 1 amide bonds. The zero-order chi connectivity index (χ0) is 25.2. The molecule has 11 nitrogen and oxygen atoms in total. The lowest BCUT2D eigenvalue weighted by Gasteiger charge is -2.27. The van der Waals surface area contributed by atoms with Crippen LogP contribution in [0, 0.1) is 0 Å². The molecule has 2 aliphatic heterocycles. The average Bonchev–Trinajstić information content (AvgIpc) is 3.39. The van der Waals surface area contributed by atoms with E-state index in [1.54, 1.807) is 36.4 Å². The minimum Gasteiger partial charge on any atom is -0.494 e. The number of amides is 1. The van der Waals surface area contributed by atoms with Crippen LogP contribution in [0.2, 0.25) is 5.02 Å². The van der Waals surface area contributed by atoms with Crippen LogP contribution in [-0.2, 0) is 4.79 Å². The van der Waals surface area contributed by atoms with Crippen molar-refractivity contribution in [3.05, 3.63) is 35.1 Å². The predicted molar refractivity (Wildman–Crippen MR) is 136 cm³/mol. The quantitative estimate of drug-likeness (QED) is 0.358. The molecule has 1 saturated heterocycles. The standard InChI is InChI=1S/C24H28ClN7O4/c1-31-6-2-5-26-21-20-16(23(34)30-22(20)29-13-28-21)11-27-14-3-4-17(25)19(9-14)36-8-7-32-12-15(33)10-18(32)24(31)35/h3-4,9,11,13,15,18,33-34H,2,5-8,10,12H2,1H3,(H2,26,28,29,30)/t15-,18-/m1/s1. The molecule has 5 rings (SSSR count). The Kier molecular flexibility index (Phi) is 6.95. The Labute approximate surface area is 212 Å². The number of fused-ring (bicyclic) bond motifs is 3. The molecule has 1 aromatic carbocycles. The molecule has 1 fully saturated rings. The highest BCUT2D eigenvalue weighted by molar-refractivity contribution is 6.32. The van der Waals surface area contributed by atoms with Crippen LogP contribution in [0.5, 0.6) is 11.6 Å². The summed E-state index contributed by atoms with van der Waals surface area (Å²) in [5, 5.41) is 25.1. The Bertz CT molecular complexity index is 1300. The van der Waals surface area contributed by atoms with Crippen LogP contribution in [0.4, 0.5) is 11.5 Å². The average molecular weight is 514 g/mol. The number of rotatable bonds is 0. The minimum absolute atomic E-state index is 0.0276. The number of aromatic amines is 1. The summed E-state index contributed by atoms with van der Waals surface area (Å²) in [6, 6.07) is 4.75. The van der Waals surface area contributed by atoms with Crippen LogP contribution in [0.25, 0.3) is 11.0 Å². The van der Waals surface area contributed by atoms with Gasteiger partial charge >= 0.3 is 0 Å². The van der Waals surface area contributed by atoms with Gasteiger partial charge in [-0.1, -0.05) is 11.6 Å². The number of H-pyrrole nitrogens is 1. The molecule has 36 heavy (non-hydrogen) atoms. The van der Waals surface area contributed by atoms with Crippen LogP contribution in [-0.4, -0.2) is 99.1 Å². The topological polar surface area (TPSA) is 139 Å². The second-order valence-corrected chi connectivity index (χ2v) is 9.40. The summed E-state index contributed by atoms with van der Waals surface area (Å²) in [5.74, 6) is 0.912. The van der Waals surface area contributed by atoms with Crippen molar-refractivity contribution < 1.29 is 19.7 Å². The third-order valence-corrected chi connectivity index (χ3v) is 6.82. The van der Waals surface area contributed by atoms with Crippen molar-refractivity contribution in [2.75, 3.05) is 45.2 Å². The first-order valence-corrected chi connectivity index (χ1v) is 12.2. The molecule has 4 N–H and O–H groups in total. The maximum atomic E-state index is 13.1. The van der Waals surface area contributed by atoms with Gasteiger partial charge in [0.2, 0.25) is 5.91 Å². The van der Waals surface area contributed by atoms with Crippen LogP contribution in [0.3, 0.4) is 0 Å². The number of nitrogens with zero attached hydrogens (tertiary/aromatic N) is 5. The lowest BCUT2D eigenvalue weighted by atomic mass is 10.1. The first-order chi connectivity index (χ1) is 17.4. The normalized spacial score (nSPS) is 21.9. The molecular formula is C24H28ClN7O4. The van der Waals surface area contributed by atoms with Gasteiger partial charge in [-0.15, -0.1) is 0 Å². The molecule has 2 bridgehead atoms. The second kappa shape index (κ2) is 10.3. The Morgan fingerprint density at radius 2 is 2.11 bits per heavy atom. The van der Waals surface area contributed by atoms with Gasteiger partial charge in [-0.3, -0.25) is 14.7 Å². The first-order valence-electron chi connectivity index (χ1n) is 11.8. The summed E-state index contributed by atoms with van der Waals surface area (Å²) in [6.45, 7) is 2.26. The molecule has 0 saturated carbocycles. The van der Waals surface area contributed by atoms with Crippen LogP contribution in [0.15, 0.2) is 29.5 Å². The molecule has 12 heteroatoms. The van der Waals surface area contributed by atoms with Gasteiger partial charge in [-0.2, -0.15) is 0 Å². The van der Waals surface area contributed by atoms with E-state index in [-0.39, 0.29) is 11.8 Å². The Hall–Kier alpha value is -3.41. The molecule has 2 aromatic heterocycles. The van der Waals surface area contributed by atoms with Crippen LogP contribution in [0.1, 0.15) is 18.4 Å². The fourth-order valence-corrected chi connectivity index (χ4v) is 4.83. The van der Waals surface area contributed by atoms with Crippen molar-refractivity contribution in [2.24, 2.45) is 4.99 Å². The van der Waals surface area contributed by atoms with Crippen molar-refractivity contribution in [3.8, 4) is 11.6 Å². The lowest BCUT2D eigenvalue weighted by molar-refractivity contribution is -0.134. The zero-order valence-corrected chi connectivity index (χ0v) is 20.6. The maximum absolute atomic E-state index is 13.1. The fourth-order valence-electron chi connectivity index (χ4n) is 4.66. The summed E-state index contributed by atoms with van der Waals surface area (Å²) >= 11 is 6.34. The number of likely N-dealkylation sites (N-methyl/N-ethyl adjacent to an activating group) is 1. The Morgan fingerprint density at radius 1 is 1.25 bits per heavy atom. The van der Waals surface area contributed by atoms with Crippen molar-refractivity contribution in [1.82, 2.24) is 24.8 Å². The molecule has 0 unspecified atom stereocenters. The van der Waals surface area contributed by atoms with Crippen molar-refractivity contribution in [3.63, 3.8) is 0 Å². The number of hydrogen-bond acceptors (Lipinski definition) is 9. The number of benzene rings is 1. The molecule has 3 aromatic rings. The van der Waals surface area contributed by atoms with E-state index in [4.69, 9.17) is 16.3 Å². The monoisotopic (exact) mass is 513 g/mol. The summed E-state index contributed by atoms with van der Waals surface area (Å²) < 4.78 is 5.93. The van der Waals surface area contributed by atoms with Gasteiger partial charge in [0.05, 0.1) is 33.8 Å². The highest BCUT2D eigenvalue weighted by Gasteiger charge is 2.37. The number of carbonyl (C=O) groups excluding carboxylic acids is 1. The number of hydrogen-bond donors (Lipinski definition) is 4. The first kappa shape index (κ1) is 24.3. The van der Waals surface area contributed by atoms with E-state index in [2.05, 4.69) is 25.3 Å². The number of carbonyl (C=O) groups is 1. The van der Waals surface area contributed by atoms with E-state index in [0.717, 1.165) is 0 Å². The van der Waals surface area contributed by atoms with Gasteiger partial charge in [0.25, 0.3) is 0 Å². The lowest BCUT2D eigenvalue weighted by Crippen LogP contribution is -2.45. The fraction of sp³-hybridized carbons (Fsp3) is 0.417. The zero-order valence-electron chi connectivity index (χ0n) is 19.8. The van der Waals surface area contributed by atoms with E-state index < -0.39 is 12.1 Å². The molecular weight excluding hydrogens is 486 g/mol. The number of anilines is 1. The summed E-state index contributed by atoms with van der Waals surface area (Å²) in [4.78, 5) is 32.7. The molecule has 0 aliphatic carbocycles. The number of aliphatic hydroxyl groups is 1. The Balaban J connectivity index is 1.48. The number of nitrogens with one attached hydrogen (secondary N) is 2. The molecule has 0 spiro atoms. The third-order valence-electron chi connectivity index (χ3n) is 6.51. The van der Waals surface area contributed by atoms with Crippen molar-refractivity contribution in [2.45, 2.75) is 25.0 Å². The molecule has 190 valence electrons. The van der Waals surface area contributed by atoms with Crippen molar-refractivity contribution in [1.29, 1.82) is 0 Å². The minimum atomic E-state index is -0.555. The van der Waals surface area contributed by atoms with Gasteiger partial charge in [0.1, 0.15) is 30.1 Å². The molecule has 2 aliphatic rings. The van der Waals surface area contributed by atoms with E-state index in [9.17, 15) is 15.0 Å².